The third-order valence-corrected chi connectivity index (χ3v) is 5.43. The Morgan fingerprint density at radius 3 is 2.47 bits per heavy atom. The molecular weight excluding hydrogens is 447 g/mol. The van der Waals surface area contributed by atoms with E-state index in [9.17, 15) is 27.9 Å². The number of benzene rings is 2. The lowest BCUT2D eigenvalue weighted by molar-refractivity contribution is -0.137. The first-order chi connectivity index (χ1) is 16.0. The van der Waals surface area contributed by atoms with Gasteiger partial charge in [-0.05, 0) is 49.6 Å². The molecule has 34 heavy (non-hydrogen) atoms. The van der Waals surface area contributed by atoms with E-state index in [4.69, 9.17) is 0 Å². The number of carbonyl (C=O) groups is 2. The zero-order valence-electron chi connectivity index (χ0n) is 19.6. The van der Waals surface area contributed by atoms with Crippen molar-refractivity contribution in [2.24, 2.45) is 0 Å². The highest BCUT2D eigenvalue weighted by molar-refractivity contribution is 5.96. The number of hydrogen-bond donors (Lipinski definition) is 4. The van der Waals surface area contributed by atoms with E-state index in [1.54, 1.807) is 0 Å². The number of nitrogens with one attached hydrogen (secondary N) is 3. The van der Waals surface area contributed by atoms with Crippen LogP contribution in [0, 0.1) is 13.8 Å². The second-order valence-electron chi connectivity index (χ2n) is 8.35. The number of amides is 2. The van der Waals surface area contributed by atoms with Crippen LogP contribution in [-0.2, 0) is 17.5 Å². The van der Waals surface area contributed by atoms with Gasteiger partial charge >= 0.3 is 6.18 Å². The molecule has 0 saturated carbocycles. The van der Waals surface area contributed by atoms with E-state index < -0.39 is 42.2 Å². The monoisotopic (exact) mass is 479 g/mol. The summed E-state index contributed by atoms with van der Waals surface area (Å²) in [5, 5.41) is 18.7. The number of aliphatic hydroxyl groups is 1. The molecule has 2 rings (SSSR count). The summed E-state index contributed by atoms with van der Waals surface area (Å²) in [6.07, 6.45) is -4.16. The van der Waals surface area contributed by atoms with Crippen LogP contribution in [0.3, 0.4) is 0 Å². The molecule has 2 aromatic carbocycles. The van der Waals surface area contributed by atoms with Crippen LogP contribution in [0.1, 0.15) is 52.4 Å². The van der Waals surface area contributed by atoms with Crippen molar-refractivity contribution in [1.29, 1.82) is 0 Å². The molecule has 0 unspecified atom stereocenters. The van der Waals surface area contributed by atoms with Gasteiger partial charge in [-0.25, -0.2) is 0 Å². The molecule has 6 nitrogen and oxygen atoms in total. The van der Waals surface area contributed by atoms with Gasteiger partial charge in [0.1, 0.15) is 0 Å². The number of rotatable bonds is 11. The number of carbonyl (C=O) groups excluding carboxylic acids is 2. The molecule has 186 valence electrons. The molecule has 0 aliphatic heterocycles. The minimum absolute atomic E-state index is 0.194. The fourth-order valence-corrected chi connectivity index (χ4v) is 3.54. The minimum Gasteiger partial charge on any atom is -0.391 e. The van der Waals surface area contributed by atoms with Crippen LogP contribution in [0.2, 0.25) is 0 Å². The summed E-state index contributed by atoms with van der Waals surface area (Å²) in [6.45, 7) is 6.39. The van der Waals surface area contributed by atoms with Gasteiger partial charge in [0, 0.05) is 18.7 Å². The summed E-state index contributed by atoms with van der Waals surface area (Å²) in [7, 11) is 0. The van der Waals surface area contributed by atoms with Crippen LogP contribution < -0.4 is 16.0 Å². The molecule has 0 saturated heterocycles. The molecule has 0 aliphatic carbocycles. The summed E-state index contributed by atoms with van der Waals surface area (Å²) in [5.74, 6) is -1.34. The summed E-state index contributed by atoms with van der Waals surface area (Å²) >= 11 is 0. The molecule has 2 atom stereocenters. The Labute approximate surface area is 197 Å². The van der Waals surface area contributed by atoms with Gasteiger partial charge in [-0.1, -0.05) is 43.2 Å². The average Bonchev–Trinajstić information content (AvgIpc) is 2.77. The molecule has 9 heteroatoms. The van der Waals surface area contributed by atoms with Crippen molar-refractivity contribution in [3.63, 3.8) is 0 Å². The van der Waals surface area contributed by atoms with E-state index in [1.165, 1.54) is 6.07 Å². The van der Waals surface area contributed by atoms with Gasteiger partial charge < -0.3 is 21.1 Å². The number of alkyl halides is 3. The van der Waals surface area contributed by atoms with E-state index in [-0.39, 0.29) is 5.56 Å². The Bertz CT molecular complexity index is 979. The van der Waals surface area contributed by atoms with Crippen LogP contribution in [-0.4, -0.2) is 42.2 Å². The zero-order chi connectivity index (χ0) is 25.3. The van der Waals surface area contributed by atoms with Gasteiger partial charge in [0.05, 0.1) is 24.3 Å². The maximum Gasteiger partial charge on any atom is 0.416 e. The summed E-state index contributed by atoms with van der Waals surface area (Å²) in [6, 6.07) is 9.51. The summed E-state index contributed by atoms with van der Waals surface area (Å²) < 4.78 is 38.6. The Balaban J connectivity index is 1.92. The van der Waals surface area contributed by atoms with Gasteiger partial charge in [0.15, 0.2) is 0 Å². The Kier molecular flexibility index (Phi) is 10.1. The lowest BCUT2D eigenvalue weighted by Crippen LogP contribution is -2.51. The number of halogens is 3. The maximum atomic E-state index is 12.9. The van der Waals surface area contributed by atoms with Crippen LogP contribution >= 0.6 is 0 Å². The van der Waals surface area contributed by atoms with Gasteiger partial charge in [-0.2, -0.15) is 13.2 Å². The molecule has 0 radical (unpaired) electrons. The third kappa shape index (κ3) is 8.46. The van der Waals surface area contributed by atoms with Crippen molar-refractivity contribution in [1.82, 2.24) is 16.0 Å². The first kappa shape index (κ1) is 27.3. The van der Waals surface area contributed by atoms with Gasteiger partial charge in [0.25, 0.3) is 5.91 Å². The smallest absolute Gasteiger partial charge is 0.391 e. The molecule has 0 fully saturated rings. The highest BCUT2D eigenvalue weighted by Gasteiger charge is 2.31. The Morgan fingerprint density at radius 1 is 1.09 bits per heavy atom. The molecule has 0 spiro atoms. The molecule has 2 amide bonds. The normalized spacial score (nSPS) is 13.3. The van der Waals surface area contributed by atoms with Crippen molar-refractivity contribution in [3.8, 4) is 0 Å². The SMILES string of the molecule is CCC[C@@H](O)[C@H](CNCc1ccc(C)cc1C)NC(=O)CNC(=O)c1cccc(C(F)(F)F)c1. The molecule has 4 N–H and O–H groups in total. The average molecular weight is 480 g/mol. The fraction of sp³-hybridized carbons (Fsp3) is 0.440. The largest absolute Gasteiger partial charge is 0.416 e. The quantitative estimate of drug-likeness (QED) is 0.397. The standard InChI is InChI=1S/C25H32F3N3O3/c1-4-6-22(32)21(14-29-13-19-10-9-16(2)11-17(19)3)31-23(33)15-30-24(34)18-7-5-8-20(12-18)25(26,27)28/h5,7-12,21-22,29,32H,4,6,13-15H2,1-3H3,(H,30,34)(H,31,33)/t21-,22+/m0/s1. The Morgan fingerprint density at radius 2 is 1.82 bits per heavy atom. The lowest BCUT2D eigenvalue weighted by Gasteiger charge is -2.25. The predicted molar refractivity (Wildman–Crippen MR) is 124 cm³/mol. The van der Waals surface area contributed by atoms with E-state index in [0.717, 1.165) is 41.3 Å². The highest BCUT2D eigenvalue weighted by atomic mass is 19.4. The molecule has 0 heterocycles. The van der Waals surface area contributed by atoms with Crippen molar-refractivity contribution in [3.05, 3.63) is 70.3 Å². The second kappa shape index (κ2) is 12.5. The summed E-state index contributed by atoms with van der Waals surface area (Å²) in [5.41, 5.74) is 2.27. The molecule has 0 aromatic heterocycles. The number of aryl methyl sites for hydroxylation is 2. The molecule has 0 bridgehead atoms. The molecular formula is C25H32F3N3O3. The lowest BCUT2D eigenvalue weighted by atomic mass is 10.0. The van der Waals surface area contributed by atoms with Crippen LogP contribution in [0.5, 0.6) is 0 Å². The van der Waals surface area contributed by atoms with Crippen molar-refractivity contribution < 1.29 is 27.9 Å². The Hall–Kier alpha value is -2.91. The van der Waals surface area contributed by atoms with Gasteiger partial charge in [0.2, 0.25) is 5.91 Å². The van der Waals surface area contributed by atoms with Gasteiger partial charge in [-0.3, -0.25) is 9.59 Å². The fourth-order valence-electron chi connectivity index (χ4n) is 3.54. The zero-order valence-corrected chi connectivity index (χ0v) is 19.6. The number of hydrogen-bond acceptors (Lipinski definition) is 4. The molecule has 2 aromatic rings. The van der Waals surface area contributed by atoms with E-state index in [2.05, 4.69) is 22.0 Å². The van der Waals surface area contributed by atoms with Crippen molar-refractivity contribution >= 4 is 11.8 Å². The number of aliphatic hydroxyl groups excluding tert-OH is 1. The van der Waals surface area contributed by atoms with Gasteiger partial charge in [-0.15, -0.1) is 0 Å². The van der Waals surface area contributed by atoms with E-state index >= 15 is 0 Å². The van der Waals surface area contributed by atoms with Crippen LogP contribution in [0.15, 0.2) is 42.5 Å². The topological polar surface area (TPSA) is 90.5 Å². The minimum atomic E-state index is -4.57. The summed E-state index contributed by atoms with van der Waals surface area (Å²) in [4.78, 5) is 24.6. The first-order valence-electron chi connectivity index (χ1n) is 11.2. The maximum absolute atomic E-state index is 12.9. The highest BCUT2D eigenvalue weighted by Crippen LogP contribution is 2.29. The predicted octanol–water partition coefficient (Wildman–Crippen LogP) is 3.49. The van der Waals surface area contributed by atoms with Crippen molar-refractivity contribution in [2.45, 2.75) is 58.5 Å². The van der Waals surface area contributed by atoms with Crippen LogP contribution in [0.4, 0.5) is 13.2 Å². The third-order valence-electron chi connectivity index (χ3n) is 5.43. The van der Waals surface area contributed by atoms with E-state index in [1.807, 2.05) is 32.9 Å². The van der Waals surface area contributed by atoms with E-state index in [0.29, 0.717) is 19.5 Å². The van der Waals surface area contributed by atoms with Crippen molar-refractivity contribution in [2.75, 3.05) is 13.1 Å². The van der Waals surface area contributed by atoms with Crippen LogP contribution in [0.25, 0.3) is 0 Å². The second-order valence-corrected chi connectivity index (χ2v) is 8.35. The first-order valence-corrected chi connectivity index (χ1v) is 11.2. The molecule has 0 aliphatic rings.